The van der Waals surface area contributed by atoms with Crippen LogP contribution in [0.2, 0.25) is 0 Å². The van der Waals surface area contributed by atoms with E-state index in [1.165, 1.54) is 6.07 Å². The number of ether oxygens (including phenoxy) is 1. The van der Waals surface area contributed by atoms with Crippen molar-refractivity contribution in [2.75, 3.05) is 13.1 Å². The molecule has 1 aromatic rings. The lowest BCUT2D eigenvalue weighted by atomic mass is 9.80. The molecule has 0 unspecified atom stereocenters. The van der Waals surface area contributed by atoms with E-state index in [-0.39, 0.29) is 5.75 Å². The molecule has 0 radical (unpaired) electrons. The average Bonchev–Trinajstić information content (AvgIpc) is 2.90. The lowest BCUT2D eigenvalue weighted by molar-refractivity contribution is -0.189. The Morgan fingerprint density at radius 2 is 2.12 bits per heavy atom. The normalized spacial score (nSPS) is 23.7. The second kappa shape index (κ2) is 6.27. The summed E-state index contributed by atoms with van der Waals surface area (Å²) in [5.41, 5.74) is 1.38. The van der Waals surface area contributed by atoms with Crippen molar-refractivity contribution >= 4 is 5.97 Å². The van der Waals surface area contributed by atoms with Gasteiger partial charge in [0, 0.05) is 11.6 Å². The van der Waals surface area contributed by atoms with Crippen molar-refractivity contribution in [3.63, 3.8) is 0 Å². The molecule has 3 rings (SSSR count). The fourth-order valence-corrected chi connectivity index (χ4v) is 3.91. The number of likely N-dealkylation sites (tertiary alicyclic amines) is 1. The predicted molar refractivity (Wildman–Crippen MR) is 81.0 cm³/mol. The molecule has 1 saturated heterocycles. The van der Waals surface area contributed by atoms with E-state index in [1.54, 1.807) is 6.07 Å². The van der Waals surface area contributed by atoms with Crippen molar-refractivity contribution in [3.8, 4) is 11.5 Å². The Hall–Kier alpha value is -1.76. The average molecular weight is 343 g/mol. The summed E-state index contributed by atoms with van der Waals surface area (Å²) in [5.74, 6) is -2.74. The van der Waals surface area contributed by atoms with Crippen LogP contribution in [0.4, 0.5) is 13.2 Å². The van der Waals surface area contributed by atoms with Gasteiger partial charge in [0.2, 0.25) is 0 Å². The summed E-state index contributed by atoms with van der Waals surface area (Å²) >= 11 is 0. The van der Waals surface area contributed by atoms with Gasteiger partial charge in [-0.25, -0.2) is 4.79 Å². The Kier molecular flexibility index (Phi) is 4.46. The van der Waals surface area contributed by atoms with Crippen LogP contribution >= 0.6 is 0 Å². The maximum atomic E-state index is 12.5. The Balaban J connectivity index is 1.89. The van der Waals surface area contributed by atoms with Crippen molar-refractivity contribution in [2.45, 2.75) is 44.8 Å². The zero-order valence-corrected chi connectivity index (χ0v) is 13.4. The molecule has 1 heterocycles. The molecule has 24 heavy (non-hydrogen) atoms. The van der Waals surface area contributed by atoms with Gasteiger partial charge in [0.1, 0.15) is 0 Å². The number of hydrogen-bond acceptors (Lipinski definition) is 4. The lowest BCUT2D eigenvalue weighted by Crippen LogP contribution is -2.38. The third-order valence-corrected chi connectivity index (χ3v) is 4.97. The smallest absolute Gasteiger partial charge is 0.491 e. The largest absolute Gasteiger partial charge is 0.504 e. The first-order chi connectivity index (χ1) is 11.3. The summed E-state index contributed by atoms with van der Waals surface area (Å²) < 4.78 is 42.0. The lowest BCUT2D eigenvalue weighted by Gasteiger charge is -2.33. The van der Waals surface area contributed by atoms with Gasteiger partial charge in [0.05, 0.1) is 0 Å². The fourth-order valence-electron chi connectivity index (χ4n) is 3.91. The number of aromatic hydroxyl groups is 1. The van der Waals surface area contributed by atoms with Crippen molar-refractivity contribution in [2.24, 2.45) is 5.92 Å². The van der Waals surface area contributed by atoms with Gasteiger partial charge in [-0.2, -0.15) is 13.2 Å². The van der Waals surface area contributed by atoms with E-state index >= 15 is 0 Å². The van der Waals surface area contributed by atoms with Gasteiger partial charge in [0.25, 0.3) is 0 Å². The summed E-state index contributed by atoms with van der Waals surface area (Å²) in [5, 5.41) is 9.90. The number of halogens is 3. The fraction of sp³-hybridized carbons (Fsp3) is 0.588. The molecule has 1 N–H and O–H groups in total. The Morgan fingerprint density at radius 1 is 1.38 bits per heavy atom. The molecule has 0 bridgehead atoms. The third-order valence-electron chi connectivity index (χ3n) is 4.97. The van der Waals surface area contributed by atoms with Crippen LogP contribution in [0.25, 0.3) is 0 Å². The first-order valence-corrected chi connectivity index (χ1v) is 8.18. The summed E-state index contributed by atoms with van der Waals surface area (Å²) in [4.78, 5) is 13.6. The molecule has 2 atom stereocenters. The highest BCUT2D eigenvalue weighted by Crippen LogP contribution is 2.43. The Morgan fingerprint density at radius 3 is 2.79 bits per heavy atom. The van der Waals surface area contributed by atoms with Gasteiger partial charge in [-0.15, -0.1) is 0 Å². The van der Waals surface area contributed by atoms with Crippen LogP contribution in [0.3, 0.4) is 0 Å². The van der Waals surface area contributed by atoms with Crippen LogP contribution in [0.15, 0.2) is 12.1 Å². The predicted octanol–water partition coefficient (Wildman–Crippen LogP) is 3.06. The number of alkyl halides is 3. The highest BCUT2D eigenvalue weighted by molar-refractivity contribution is 5.79. The third kappa shape index (κ3) is 3.09. The molecule has 132 valence electrons. The maximum absolute atomic E-state index is 12.5. The molecule has 0 spiro atoms. The first kappa shape index (κ1) is 17.1. The summed E-state index contributed by atoms with van der Waals surface area (Å²) in [6, 6.07) is 3.39. The number of hydrogen-bond donors (Lipinski definition) is 1. The second-order valence-corrected chi connectivity index (χ2v) is 6.50. The van der Waals surface area contributed by atoms with E-state index in [9.17, 15) is 23.1 Å². The molecule has 0 saturated carbocycles. The van der Waals surface area contributed by atoms with Gasteiger partial charge < -0.3 is 9.84 Å². The molecule has 1 fully saturated rings. The molecular formula is C17H20F3NO3. The zero-order chi connectivity index (χ0) is 17.5. The van der Waals surface area contributed by atoms with Crippen molar-refractivity contribution in [3.05, 3.63) is 23.3 Å². The number of phenols is 1. The number of nitrogens with zero attached hydrogens (tertiary/aromatic N) is 1. The van der Waals surface area contributed by atoms with Gasteiger partial charge in [-0.05, 0) is 56.3 Å². The van der Waals surface area contributed by atoms with Gasteiger partial charge >= 0.3 is 12.1 Å². The van der Waals surface area contributed by atoms with E-state index < -0.39 is 17.9 Å². The van der Waals surface area contributed by atoms with Gasteiger partial charge in [-0.1, -0.05) is 13.0 Å². The van der Waals surface area contributed by atoms with Crippen LogP contribution < -0.4 is 4.74 Å². The van der Waals surface area contributed by atoms with Crippen LogP contribution in [0.1, 0.15) is 30.9 Å². The number of rotatable bonds is 3. The second-order valence-electron chi connectivity index (χ2n) is 6.50. The number of carbonyl (C=O) groups is 1. The molecule has 0 aromatic heterocycles. The first-order valence-electron chi connectivity index (χ1n) is 8.18. The SMILES string of the molecule is CCCN1CC[C@H]2Cc3c(ccc(O)c3OC(=O)C(F)(F)F)C[C@@H]21. The highest BCUT2D eigenvalue weighted by atomic mass is 19.4. The number of esters is 1. The minimum atomic E-state index is -5.09. The topological polar surface area (TPSA) is 49.8 Å². The van der Waals surface area contributed by atoms with E-state index in [2.05, 4.69) is 16.6 Å². The standard InChI is InChI=1S/C17H20F3NO3/c1-2-6-21-7-5-11-8-12-10(9-13(11)21)3-4-14(22)15(12)24-16(23)17(18,19)20/h3-4,11,13,22H,2,5-9H2,1H3/t11-,13-/m0/s1. The van der Waals surface area contributed by atoms with Crippen molar-refractivity contribution in [1.29, 1.82) is 0 Å². The van der Waals surface area contributed by atoms with Crippen LogP contribution in [0, 0.1) is 5.92 Å². The molecule has 1 aliphatic carbocycles. The van der Waals surface area contributed by atoms with Gasteiger partial charge in [0.15, 0.2) is 11.5 Å². The highest BCUT2D eigenvalue weighted by Gasteiger charge is 2.43. The van der Waals surface area contributed by atoms with E-state index in [1.807, 2.05) is 0 Å². The van der Waals surface area contributed by atoms with Crippen LogP contribution in [-0.4, -0.2) is 41.3 Å². The molecule has 2 aliphatic rings. The van der Waals surface area contributed by atoms with E-state index in [4.69, 9.17) is 0 Å². The minimum Gasteiger partial charge on any atom is -0.504 e. The number of fused-ring (bicyclic) bond motifs is 2. The maximum Gasteiger partial charge on any atom is 0.491 e. The minimum absolute atomic E-state index is 0.314. The summed E-state index contributed by atoms with van der Waals surface area (Å²) in [6.07, 6.45) is -1.84. The molecular weight excluding hydrogens is 323 g/mol. The van der Waals surface area contributed by atoms with E-state index in [0.717, 1.165) is 31.5 Å². The molecule has 1 aromatic carbocycles. The number of benzene rings is 1. The quantitative estimate of drug-likeness (QED) is 0.677. The van der Waals surface area contributed by atoms with Crippen LogP contribution in [0.5, 0.6) is 11.5 Å². The molecule has 7 heteroatoms. The molecule has 1 aliphatic heterocycles. The van der Waals surface area contributed by atoms with Crippen molar-refractivity contribution in [1.82, 2.24) is 4.90 Å². The summed E-state index contributed by atoms with van der Waals surface area (Å²) in [6.45, 7) is 4.10. The number of phenolic OH excluding ortho intramolecular Hbond substituents is 1. The Bertz CT molecular complexity index is 645. The van der Waals surface area contributed by atoms with E-state index in [0.29, 0.717) is 30.4 Å². The zero-order valence-electron chi connectivity index (χ0n) is 13.4. The van der Waals surface area contributed by atoms with Crippen molar-refractivity contribution < 1.29 is 27.8 Å². The molecule has 4 nitrogen and oxygen atoms in total. The molecule has 0 amide bonds. The monoisotopic (exact) mass is 343 g/mol. The van der Waals surface area contributed by atoms with Gasteiger partial charge in [-0.3, -0.25) is 4.90 Å². The van der Waals surface area contributed by atoms with Crippen LogP contribution in [-0.2, 0) is 17.6 Å². The number of carbonyl (C=O) groups excluding carboxylic acids is 1. The Labute approximate surface area is 138 Å². The summed E-state index contributed by atoms with van der Waals surface area (Å²) in [7, 11) is 0.